The van der Waals surface area contributed by atoms with Gasteiger partial charge in [0.25, 0.3) is 11.8 Å². The molecule has 1 heterocycles. The summed E-state index contributed by atoms with van der Waals surface area (Å²) in [5.74, 6) is -2.05. The van der Waals surface area contributed by atoms with Crippen LogP contribution in [0.25, 0.3) is 0 Å². The highest BCUT2D eigenvalue weighted by molar-refractivity contribution is 5.96. The molecule has 0 saturated carbocycles. The largest absolute Gasteiger partial charge is 0.335 e. The fraction of sp³-hybridized carbons (Fsp3) is 0.263. The molecule has 0 spiro atoms. The minimum Gasteiger partial charge on any atom is -0.335 e. The van der Waals surface area contributed by atoms with Crippen molar-refractivity contribution < 1.29 is 18.4 Å². The molecule has 1 fully saturated rings. The van der Waals surface area contributed by atoms with E-state index in [9.17, 15) is 18.4 Å². The van der Waals surface area contributed by atoms with E-state index in [0.29, 0.717) is 18.7 Å². The summed E-state index contributed by atoms with van der Waals surface area (Å²) in [7, 11) is 0. The number of hydrogen-bond donors (Lipinski definition) is 0. The molecule has 1 aliphatic heterocycles. The van der Waals surface area contributed by atoms with Crippen LogP contribution in [-0.4, -0.2) is 47.8 Å². The molecule has 4 nitrogen and oxygen atoms in total. The summed E-state index contributed by atoms with van der Waals surface area (Å²) in [5, 5.41) is 0. The normalized spacial score (nSPS) is 14.5. The number of rotatable bonds is 2. The van der Waals surface area contributed by atoms with E-state index in [0.717, 1.165) is 23.8 Å². The van der Waals surface area contributed by atoms with Crippen molar-refractivity contribution in [3.05, 3.63) is 70.8 Å². The third kappa shape index (κ3) is 3.68. The van der Waals surface area contributed by atoms with Crippen molar-refractivity contribution in [1.82, 2.24) is 9.80 Å². The number of aryl methyl sites for hydroxylation is 1. The predicted molar refractivity (Wildman–Crippen MR) is 89.3 cm³/mol. The molecule has 0 atom stereocenters. The van der Waals surface area contributed by atoms with Gasteiger partial charge in [0.2, 0.25) is 0 Å². The monoisotopic (exact) mass is 344 g/mol. The van der Waals surface area contributed by atoms with Crippen molar-refractivity contribution in [3.63, 3.8) is 0 Å². The third-order valence-corrected chi connectivity index (χ3v) is 4.28. The lowest BCUT2D eigenvalue weighted by Crippen LogP contribution is -2.50. The van der Waals surface area contributed by atoms with Gasteiger partial charge in [-0.2, -0.15) is 0 Å². The molecule has 2 aromatic rings. The highest BCUT2D eigenvalue weighted by atomic mass is 19.1. The SMILES string of the molecule is Cc1cccc(C(=O)N2CCN(C(=O)c3cc(F)ccc3F)CC2)c1. The number of piperazine rings is 1. The average molecular weight is 344 g/mol. The van der Waals surface area contributed by atoms with E-state index in [1.807, 2.05) is 25.1 Å². The molecule has 0 aromatic heterocycles. The van der Waals surface area contributed by atoms with Gasteiger partial charge in [-0.1, -0.05) is 17.7 Å². The molecular formula is C19H18F2N2O2. The van der Waals surface area contributed by atoms with E-state index >= 15 is 0 Å². The third-order valence-electron chi connectivity index (χ3n) is 4.28. The molecule has 1 saturated heterocycles. The number of amides is 2. The van der Waals surface area contributed by atoms with E-state index in [2.05, 4.69) is 0 Å². The van der Waals surface area contributed by atoms with Gasteiger partial charge in [-0.3, -0.25) is 9.59 Å². The van der Waals surface area contributed by atoms with Gasteiger partial charge in [0.05, 0.1) is 5.56 Å². The lowest BCUT2D eigenvalue weighted by atomic mass is 10.1. The van der Waals surface area contributed by atoms with Crippen molar-refractivity contribution in [2.24, 2.45) is 0 Å². The summed E-state index contributed by atoms with van der Waals surface area (Å²) in [6.07, 6.45) is 0. The maximum atomic E-state index is 13.8. The topological polar surface area (TPSA) is 40.6 Å². The van der Waals surface area contributed by atoms with Gasteiger partial charge in [-0.25, -0.2) is 8.78 Å². The van der Waals surface area contributed by atoms with Crippen LogP contribution in [0.15, 0.2) is 42.5 Å². The van der Waals surface area contributed by atoms with Crippen molar-refractivity contribution in [3.8, 4) is 0 Å². The molecule has 0 unspecified atom stereocenters. The summed E-state index contributed by atoms with van der Waals surface area (Å²) >= 11 is 0. The summed E-state index contributed by atoms with van der Waals surface area (Å²) in [6.45, 7) is 3.20. The fourth-order valence-electron chi connectivity index (χ4n) is 2.91. The van der Waals surface area contributed by atoms with Crippen molar-refractivity contribution >= 4 is 11.8 Å². The maximum Gasteiger partial charge on any atom is 0.257 e. The minimum absolute atomic E-state index is 0.0901. The Morgan fingerprint density at radius 1 is 0.880 bits per heavy atom. The van der Waals surface area contributed by atoms with Crippen LogP contribution >= 0.6 is 0 Å². The van der Waals surface area contributed by atoms with Crippen molar-refractivity contribution in [2.75, 3.05) is 26.2 Å². The Hall–Kier alpha value is -2.76. The first-order valence-electron chi connectivity index (χ1n) is 8.06. The number of hydrogen-bond acceptors (Lipinski definition) is 2. The number of carbonyl (C=O) groups excluding carboxylic acids is 2. The molecule has 2 aromatic carbocycles. The zero-order valence-electron chi connectivity index (χ0n) is 13.8. The predicted octanol–water partition coefficient (Wildman–Crippen LogP) is 2.87. The highest BCUT2D eigenvalue weighted by Crippen LogP contribution is 2.16. The minimum atomic E-state index is -0.746. The molecule has 6 heteroatoms. The Kier molecular flexibility index (Phi) is 4.79. The van der Waals surface area contributed by atoms with E-state index in [1.54, 1.807) is 11.0 Å². The smallest absolute Gasteiger partial charge is 0.257 e. The first kappa shape index (κ1) is 17.1. The van der Waals surface area contributed by atoms with Crippen LogP contribution in [0.5, 0.6) is 0 Å². The van der Waals surface area contributed by atoms with Crippen LogP contribution in [0.3, 0.4) is 0 Å². The number of halogens is 2. The highest BCUT2D eigenvalue weighted by Gasteiger charge is 2.27. The zero-order valence-corrected chi connectivity index (χ0v) is 13.8. The molecule has 0 bridgehead atoms. The number of benzene rings is 2. The molecule has 3 rings (SSSR count). The second-order valence-electron chi connectivity index (χ2n) is 6.08. The molecule has 2 amide bonds. The van der Waals surface area contributed by atoms with Gasteiger partial charge in [0.15, 0.2) is 0 Å². The molecule has 0 N–H and O–H groups in total. The van der Waals surface area contributed by atoms with Gasteiger partial charge >= 0.3 is 0 Å². The van der Waals surface area contributed by atoms with Gasteiger partial charge in [0.1, 0.15) is 11.6 Å². The van der Waals surface area contributed by atoms with Crippen LogP contribution in [0.4, 0.5) is 8.78 Å². The number of nitrogens with zero attached hydrogens (tertiary/aromatic N) is 2. The van der Waals surface area contributed by atoms with Crippen LogP contribution in [-0.2, 0) is 0 Å². The maximum absolute atomic E-state index is 13.8. The second kappa shape index (κ2) is 7.01. The Balaban J connectivity index is 1.66. The van der Waals surface area contributed by atoms with Gasteiger partial charge in [-0.05, 0) is 37.3 Å². The first-order valence-corrected chi connectivity index (χ1v) is 8.06. The fourth-order valence-corrected chi connectivity index (χ4v) is 2.91. The Morgan fingerprint density at radius 2 is 1.52 bits per heavy atom. The summed E-state index contributed by atoms with van der Waals surface area (Å²) in [6, 6.07) is 10.2. The van der Waals surface area contributed by atoms with E-state index < -0.39 is 17.5 Å². The van der Waals surface area contributed by atoms with Gasteiger partial charge < -0.3 is 9.80 Å². The Morgan fingerprint density at radius 3 is 2.16 bits per heavy atom. The number of carbonyl (C=O) groups is 2. The molecule has 0 aliphatic carbocycles. The zero-order chi connectivity index (χ0) is 18.0. The van der Waals surface area contributed by atoms with Crippen molar-refractivity contribution in [1.29, 1.82) is 0 Å². The summed E-state index contributed by atoms with van der Waals surface area (Å²) in [4.78, 5) is 28.0. The van der Waals surface area contributed by atoms with Crippen LogP contribution in [0.1, 0.15) is 26.3 Å². The standard InChI is InChI=1S/C19H18F2N2O2/c1-13-3-2-4-14(11-13)18(24)22-7-9-23(10-8-22)19(25)16-12-15(20)5-6-17(16)21/h2-6,11-12H,7-10H2,1H3. The Labute approximate surface area is 144 Å². The molecule has 130 valence electrons. The lowest BCUT2D eigenvalue weighted by Gasteiger charge is -2.35. The van der Waals surface area contributed by atoms with Crippen LogP contribution in [0, 0.1) is 18.6 Å². The molecular weight excluding hydrogens is 326 g/mol. The van der Waals surface area contributed by atoms with Crippen molar-refractivity contribution in [2.45, 2.75) is 6.92 Å². The lowest BCUT2D eigenvalue weighted by molar-refractivity contribution is 0.0532. The van der Waals surface area contributed by atoms with E-state index in [-0.39, 0.29) is 24.6 Å². The van der Waals surface area contributed by atoms with Gasteiger partial charge in [-0.15, -0.1) is 0 Å². The summed E-state index contributed by atoms with van der Waals surface area (Å²) < 4.78 is 27.0. The van der Waals surface area contributed by atoms with Crippen LogP contribution in [0.2, 0.25) is 0 Å². The Bertz CT molecular complexity index is 815. The van der Waals surface area contributed by atoms with E-state index in [4.69, 9.17) is 0 Å². The average Bonchev–Trinajstić information content (AvgIpc) is 2.62. The van der Waals surface area contributed by atoms with Gasteiger partial charge in [0, 0.05) is 31.7 Å². The summed E-state index contributed by atoms with van der Waals surface area (Å²) in [5.41, 5.74) is 1.33. The molecule has 1 aliphatic rings. The molecule has 25 heavy (non-hydrogen) atoms. The quantitative estimate of drug-likeness (QED) is 0.841. The second-order valence-corrected chi connectivity index (χ2v) is 6.08. The molecule has 0 radical (unpaired) electrons. The van der Waals surface area contributed by atoms with E-state index in [1.165, 1.54) is 4.90 Å². The first-order chi connectivity index (χ1) is 12.0. The van der Waals surface area contributed by atoms with Crippen LogP contribution < -0.4 is 0 Å².